The second kappa shape index (κ2) is 4.91. The molecular formula is C10H12O3S. The number of hydrogen-bond acceptors (Lipinski definition) is 3. The highest BCUT2D eigenvalue weighted by molar-refractivity contribution is 7.99. The summed E-state index contributed by atoms with van der Waals surface area (Å²) >= 11 is 1.50. The molecule has 0 aliphatic carbocycles. The Hall–Kier alpha value is -1.16. The van der Waals surface area contributed by atoms with Gasteiger partial charge in [-0.25, -0.2) is 4.79 Å². The summed E-state index contributed by atoms with van der Waals surface area (Å²) in [5, 5.41) is 9.24. The highest BCUT2D eigenvalue weighted by Gasteiger charge is 2.08. The molecule has 1 heterocycles. The van der Waals surface area contributed by atoms with Gasteiger partial charge in [-0.05, 0) is 25.5 Å². The molecule has 1 N–H and O–H groups in total. The number of carboxylic acids is 1. The average Bonchev–Trinajstić information content (AvgIpc) is 2.52. The summed E-state index contributed by atoms with van der Waals surface area (Å²) in [5.74, 6) is -0.179. The van der Waals surface area contributed by atoms with Crippen molar-refractivity contribution >= 4 is 17.7 Å². The molecule has 0 aliphatic heterocycles. The van der Waals surface area contributed by atoms with Crippen LogP contribution < -0.4 is 0 Å². The maximum atomic E-state index is 10.5. The van der Waals surface area contributed by atoms with Crippen molar-refractivity contribution in [2.24, 2.45) is 0 Å². The van der Waals surface area contributed by atoms with Crippen LogP contribution in [0, 0.1) is 0 Å². The lowest BCUT2D eigenvalue weighted by Crippen LogP contribution is -1.91. The molecule has 3 nitrogen and oxygen atoms in total. The van der Waals surface area contributed by atoms with Gasteiger partial charge in [0, 0.05) is 5.75 Å². The Kier molecular flexibility index (Phi) is 3.83. The monoisotopic (exact) mass is 212 g/mol. The van der Waals surface area contributed by atoms with Gasteiger partial charge in [-0.3, -0.25) is 0 Å². The van der Waals surface area contributed by atoms with Gasteiger partial charge in [0.15, 0.2) is 5.09 Å². The Morgan fingerprint density at radius 3 is 2.86 bits per heavy atom. The molecule has 0 bridgehead atoms. The zero-order chi connectivity index (χ0) is 10.6. The van der Waals surface area contributed by atoms with E-state index in [9.17, 15) is 4.79 Å². The van der Waals surface area contributed by atoms with Gasteiger partial charge in [0.05, 0.1) is 0 Å². The normalized spacial score (nSPS) is 10.1. The fourth-order valence-corrected chi connectivity index (χ4v) is 1.80. The van der Waals surface area contributed by atoms with Crippen LogP contribution in [-0.2, 0) is 0 Å². The zero-order valence-corrected chi connectivity index (χ0v) is 8.76. The van der Waals surface area contributed by atoms with E-state index in [2.05, 4.69) is 6.58 Å². The SMILES string of the molecule is C=C(C)CCSc1ccc(C(=O)O)o1. The number of furan rings is 1. The minimum absolute atomic E-state index is 0.0113. The molecule has 0 saturated carbocycles. The molecule has 76 valence electrons. The maximum absolute atomic E-state index is 10.5. The van der Waals surface area contributed by atoms with E-state index < -0.39 is 5.97 Å². The number of aromatic carboxylic acids is 1. The number of rotatable bonds is 5. The third-order valence-electron chi connectivity index (χ3n) is 1.57. The summed E-state index contributed by atoms with van der Waals surface area (Å²) in [6.45, 7) is 5.75. The molecule has 0 aromatic carbocycles. The van der Waals surface area contributed by atoms with Gasteiger partial charge in [0.1, 0.15) is 0 Å². The third kappa shape index (κ3) is 3.30. The molecule has 0 spiro atoms. The van der Waals surface area contributed by atoms with Crippen molar-refractivity contribution in [2.45, 2.75) is 18.4 Å². The number of carboxylic acid groups (broad SMARTS) is 1. The van der Waals surface area contributed by atoms with Crippen LogP contribution in [0.25, 0.3) is 0 Å². The summed E-state index contributed by atoms with van der Waals surface area (Å²) in [5.41, 5.74) is 1.11. The summed E-state index contributed by atoms with van der Waals surface area (Å²) in [4.78, 5) is 10.5. The first-order chi connectivity index (χ1) is 6.59. The third-order valence-corrected chi connectivity index (χ3v) is 2.48. The molecule has 1 aromatic heterocycles. The van der Waals surface area contributed by atoms with Crippen molar-refractivity contribution in [1.82, 2.24) is 0 Å². The van der Waals surface area contributed by atoms with Crippen molar-refractivity contribution in [3.63, 3.8) is 0 Å². The summed E-state index contributed by atoms with van der Waals surface area (Å²) in [6, 6.07) is 3.14. The molecule has 1 rings (SSSR count). The second-order valence-electron chi connectivity index (χ2n) is 2.98. The molecule has 1 aromatic rings. The van der Waals surface area contributed by atoms with Gasteiger partial charge in [-0.15, -0.1) is 6.58 Å². The van der Waals surface area contributed by atoms with Gasteiger partial charge in [-0.1, -0.05) is 17.3 Å². The number of thioether (sulfide) groups is 1. The minimum atomic E-state index is -1.03. The van der Waals surface area contributed by atoms with E-state index in [-0.39, 0.29) is 5.76 Å². The fourth-order valence-electron chi connectivity index (χ4n) is 0.839. The molecule has 0 aliphatic rings. The van der Waals surface area contributed by atoms with Crippen molar-refractivity contribution in [3.8, 4) is 0 Å². The Morgan fingerprint density at radius 1 is 1.64 bits per heavy atom. The first kappa shape index (κ1) is 10.9. The van der Waals surface area contributed by atoms with E-state index in [4.69, 9.17) is 9.52 Å². The van der Waals surface area contributed by atoms with Gasteiger partial charge >= 0.3 is 5.97 Å². The first-order valence-corrected chi connectivity index (χ1v) is 5.18. The van der Waals surface area contributed by atoms with E-state index in [0.29, 0.717) is 5.09 Å². The van der Waals surface area contributed by atoms with Gasteiger partial charge in [0.2, 0.25) is 5.76 Å². The molecule has 0 atom stereocenters. The molecule has 0 saturated heterocycles. The molecule has 0 amide bonds. The molecular weight excluding hydrogens is 200 g/mol. The van der Waals surface area contributed by atoms with Crippen LogP contribution >= 0.6 is 11.8 Å². The Labute approximate surface area is 86.8 Å². The van der Waals surface area contributed by atoms with E-state index in [1.165, 1.54) is 17.8 Å². The summed E-state index contributed by atoms with van der Waals surface area (Å²) in [6.07, 6.45) is 0.910. The Morgan fingerprint density at radius 2 is 2.36 bits per heavy atom. The maximum Gasteiger partial charge on any atom is 0.371 e. The average molecular weight is 212 g/mol. The van der Waals surface area contributed by atoms with Crippen molar-refractivity contribution in [2.75, 3.05) is 5.75 Å². The molecule has 14 heavy (non-hydrogen) atoms. The Balaban J connectivity index is 2.44. The quantitative estimate of drug-likeness (QED) is 0.602. The van der Waals surface area contributed by atoms with Crippen LogP contribution in [0.4, 0.5) is 0 Å². The first-order valence-electron chi connectivity index (χ1n) is 4.20. The van der Waals surface area contributed by atoms with E-state index in [1.807, 2.05) is 6.92 Å². The van der Waals surface area contributed by atoms with Crippen LogP contribution in [-0.4, -0.2) is 16.8 Å². The molecule has 0 unspecified atom stereocenters. The molecule has 0 radical (unpaired) electrons. The van der Waals surface area contributed by atoms with Crippen LogP contribution in [0.1, 0.15) is 23.9 Å². The topological polar surface area (TPSA) is 50.4 Å². The van der Waals surface area contributed by atoms with Gasteiger partial charge in [-0.2, -0.15) is 0 Å². The van der Waals surface area contributed by atoms with Crippen molar-refractivity contribution in [3.05, 3.63) is 30.0 Å². The van der Waals surface area contributed by atoms with Gasteiger partial charge < -0.3 is 9.52 Å². The summed E-state index contributed by atoms with van der Waals surface area (Å²) < 4.78 is 5.06. The zero-order valence-electron chi connectivity index (χ0n) is 7.95. The van der Waals surface area contributed by atoms with Crippen LogP contribution in [0.2, 0.25) is 0 Å². The molecule has 4 heteroatoms. The van der Waals surface area contributed by atoms with E-state index in [1.54, 1.807) is 6.07 Å². The van der Waals surface area contributed by atoms with Crippen LogP contribution in [0.15, 0.2) is 33.8 Å². The molecule has 0 fully saturated rings. The highest BCUT2D eigenvalue weighted by Crippen LogP contribution is 2.22. The van der Waals surface area contributed by atoms with Crippen molar-refractivity contribution in [1.29, 1.82) is 0 Å². The summed E-state index contributed by atoms with van der Waals surface area (Å²) in [7, 11) is 0. The lowest BCUT2D eigenvalue weighted by atomic mass is 10.3. The van der Waals surface area contributed by atoms with E-state index in [0.717, 1.165) is 17.7 Å². The minimum Gasteiger partial charge on any atom is -0.475 e. The lowest BCUT2D eigenvalue weighted by molar-refractivity contribution is 0.0656. The highest BCUT2D eigenvalue weighted by atomic mass is 32.2. The van der Waals surface area contributed by atoms with Crippen molar-refractivity contribution < 1.29 is 14.3 Å². The Bertz CT molecular complexity index is 341. The van der Waals surface area contributed by atoms with Crippen LogP contribution in [0.3, 0.4) is 0 Å². The van der Waals surface area contributed by atoms with Crippen LogP contribution in [0.5, 0.6) is 0 Å². The predicted molar refractivity (Wildman–Crippen MR) is 55.8 cm³/mol. The second-order valence-corrected chi connectivity index (χ2v) is 4.08. The fraction of sp³-hybridized carbons (Fsp3) is 0.300. The lowest BCUT2D eigenvalue weighted by Gasteiger charge is -1.96. The van der Waals surface area contributed by atoms with E-state index >= 15 is 0 Å². The number of carbonyl (C=O) groups is 1. The number of hydrogen-bond donors (Lipinski definition) is 1. The van der Waals surface area contributed by atoms with Gasteiger partial charge in [0.25, 0.3) is 0 Å². The predicted octanol–water partition coefficient (Wildman–Crippen LogP) is 3.04. The largest absolute Gasteiger partial charge is 0.475 e. The number of allylic oxidation sites excluding steroid dienone is 1. The smallest absolute Gasteiger partial charge is 0.371 e. The standard InChI is InChI=1S/C10H12O3S/c1-7(2)5-6-14-9-4-3-8(13-9)10(11)12/h3-4H,1,5-6H2,2H3,(H,11,12).